The van der Waals surface area contributed by atoms with Crippen LogP contribution in [0.3, 0.4) is 0 Å². The highest BCUT2D eigenvalue weighted by molar-refractivity contribution is 5.77. The van der Waals surface area contributed by atoms with E-state index in [-0.39, 0.29) is 17.4 Å². The molecule has 3 aromatic rings. The molecule has 0 spiro atoms. The van der Waals surface area contributed by atoms with Crippen molar-refractivity contribution in [2.75, 3.05) is 20.2 Å². The van der Waals surface area contributed by atoms with E-state index in [2.05, 4.69) is 4.98 Å². The standard InChI is InChI=1S/C23H26N4O4/c1-25-21-18(22(29)26(2)23(25)30)9-10-19(24-21)16-12-13-27(14-16)20(28)11-6-15-4-7-17(31-3)8-5-15/h4-5,7-10,16H,6,11-14H2,1-3H3/t16-/m0/s1. The number of rotatable bonds is 5. The average Bonchev–Trinajstić information content (AvgIpc) is 3.30. The SMILES string of the molecule is COc1ccc(CCC(=O)N2CC[C@H](c3ccc4c(=O)n(C)c(=O)n(C)c4n3)C2)cc1. The van der Waals surface area contributed by atoms with Crippen LogP contribution in [0.1, 0.15) is 30.0 Å². The molecule has 0 radical (unpaired) electrons. The highest BCUT2D eigenvalue weighted by Gasteiger charge is 2.28. The van der Waals surface area contributed by atoms with Crippen LogP contribution in [0, 0.1) is 0 Å². The van der Waals surface area contributed by atoms with Crippen molar-refractivity contribution < 1.29 is 9.53 Å². The fourth-order valence-corrected chi connectivity index (χ4v) is 4.13. The van der Waals surface area contributed by atoms with Gasteiger partial charge >= 0.3 is 5.69 Å². The van der Waals surface area contributed by atoms with E-state index in [9.17, 15) is 14.4 Å². The summed E-state index contributed by atoms with van der Waals surface area (Å²) in [6.07, 6.45) is 1.95. The zero-order chi connectivity index (χ0) is 22.1. The molecule has 1 aliphatic heterocycles. The van der Waals surface area contributed by atoms with Crippen molar-refractivity contribution in [1.82, 2.24) is 19.0 Å². The quantitative estimate of drug-likeness (QED) is 0.623. The fraction of sp³-hybridized carbons (Fsp3) is 0.391. The normalized spacial score (nSPS) is 16.1. The Balaban J connectivity index is 1.45. The van der Waals surface area contributed by atoms with Gasteiger partial charge in [0.15, 0.2) is 0 Å². The largest absolute Gasteiger partial charge is 0.497 e. The number of ether oxygens (including phenoxy) is 1. The van der Waals surface area contributed by atoms with Crippen LogP contribution >= 0.6 is 0 Å². The molecule has 2 aromatic heterocycles. The van der Waals surface area contributed by atoms with Gasteiger partial charge in [0.1, 0.15) is 11.4 Å². The van der Waals surface area contributed by atoms with Gasteiger partial charge in [0.2, 0.25) is 5.91 Å². The maximum atomic E-state index is 12.7. The Bertz CT molecular complexity index is 1240. The minimum Gasteiger partial charge on any atom is -0.497 e. The number of carbonyl (C=O) groups is 1. The maximum absolute atomic E-state index is 12.7. The van der Waals surface area contributed by atoms with Gasteiger partial charge in [-0.2, -0.15) is 0 Å². The van der Waals surface area contributed by atoms with Crippen LogP contribution in [0.2, 0.25) is 0 Å². The van der Waals surface area contributed by atoms with Gasteiger partial charge in [0.25, 0.3) is 5.56 Å². The summed E-state index contributed by atoms with van der Waals surface area (Å²) in [6, 6.07) is 11.3. The number of nitrogens with zero attached hydrogens (tertiary/aromatic N) is 4. The summed E-state index contributed by atoms with van der Waals surface area (Å²) < 4.78 is 7.65. The van der Waals surface area contributed by atoms with Crippen LogP contribution in [0.25, 0.3) is 11.0 Å². The fourth-order valence-electron chi connectivity index (χ4n) is 4.13. The first-order chi connectivity index (χ1) is 14.9. The number of carbonyl (C=O) groups excluding carboxylic acids is 1. The molecule has 1 atom stereocenters. The number of aromatic nitrogens is 3. The van der Waals surface area contributed by atoms with E-state index in [0.717, 1.165) is 28.0 Å². The minimum absolute atomic E-state index is 0.0912. The van der Waals surface area contributed by atoms with Gasteiger partial charge in [0, 0.05) is 45.2 Å². The predicted octanol–water partition coefficient (Wildman–Crippen LogP) is 1.59. The molecular formula is C23H26N4O4. The number of methoxy groups -OCH3 is 1. The predicted molar refractivity (Wildman–Crippen MR) is 117 cm³/mol. The number of hydrogen-bond donors (Lipinski definition) is 0. The molecule has 4 rings (SSSR count). The van der Waals surface area contributed by atoms with Crippen molar-refractivity contribution in [1.29, 1.82) is 0 Å². The molecule has 0 bridgehead atoms. The van der Waals surface area contributed by atoms with Gasteiger partial charge in [-0.1, -0.05) is 12.1 Å². The molecule has 1 amide bonds. The van der Waals surface area contributed by atoms with Gasteiger partial charge in [-0.05, 0) is 42.7 Å². The third kappa shape index (κ3) is 3.97. The summed E-state index contributed by atoms with van der Waals surface area (Å²) in [5.74, 6) is 1.02. The Labute approximate surface area is 179 Å². The van der Waals surface area contributed by atoms with Gasteiger partial charge in [-0.3, -0.25) is 18.7 Å². The molecule has 1 aromatic carbocycles. The highest BCUT2D eigenvalue weighted by Crippen LogP contribution is 2.27. The lowest BCUT2D eigenvalue weighted by Gasteiger charge is -2.17. The minimum atomic E-state index is -0.399. The topological polar surface area (TPSA) is 86.4 Å². The van der Waals surface area contributed by atoms with E-state index in [0.29, 0.717) is 37.0 Å². The van der Waals surface area contributed by atoms with Gasteiger partial charge in [-0.25, -0.2) is 9.78 Å². The molecule has 8 nitrogen and oxygen atoms in total. The second-order valence-corrected chi connectivity index (χ2v) is 7.99. The molecule has 31 heavy (non-hydrogen) atoms. The first-order valence-corrected chi connectivity index (χ1v) is 10.4. The van der Waals surface area contributed by atoms with Gasteiger partial charge < -0.3 is 9.64 Å². The summed E-state index contributed by atoms with van der Waals surface area (Å²) >= 11 is 0. The number of benzene rings is 1. The third-order valence-electron chi connectivity index (χ3n) is 6.07. The Morgan fingerprint density at radius 1 is 1.10 bits per heavy atom. The lowest BCUT2D eigenvalue weighted by molar-refractivity contribution is -0.130. The molecule has 8 heteroatoms. The molecular weight excluding hydrogens is 396 g/mol. The summed E-state index contributed by atoms with van der Waals surface area (Å²) in [6.45, 7) is 1.28. The van der Waals surface area contributed by atoms with E-state index < -0.39 is 5.69 Å². The number of fused-ring (bicyclic) bond motifs is 1. The summed E-state index contributed by atoms with van der Waals surface area (Å²) in [5.41, 5.74) is 1.54. The Hall–Kier alpha value is -3.42. The zero-order valence-electron chi connectivity index (χ0n) is 18.0. The number of amides is 1. The third-order valence-corrected chi connectivity index (χ3v) is 6.07. The van der Waals surface area contributed by atoms with Crippen molar-refractivity contribution in [2.45, 2.75) is 25.2 Å². The van der Waals surface area contributed by atoms with Crippen molar-refractivity contribution in [3.05, 3.63) is 68.5 Å². The molecule has 0 saturated carbocycles. The van der Waals surface area contributed by atoms with Crippen molar-refractivity contribution in [3.63, 3.8) is 0 Å². The highest BCUT2D eigenvalue weighted by atomic mass is 16.5. The summed E-state index contributed by atoms with van der Waals surface area (Å²) in [7, 11) is 4.71. The van der Waals surface area contributed by atoms with Crippen LogP contribution in [-0.2, 0) is 25.3 Å². The molecule has 0 N–H and O–H groups in total. The van der Waals surface area contributed by atoms with E-state index >= 15 is 0 Å². The molecule has 3 heterocycles. The number of aryl methyl sites for hydroxylation is 2. The smallest absolute Gasteiger partial charge is 0.332 e. The molecule has 1 aliphatic rings. The molecule has 1 saturated heterocycles. The first kappa shape index (κ1) is 20.8. The van der Waals surface area contributed by atoms with Crippen LogP contribution in [-0.4, -0.2) is 45.1 Å². The Morgan fingerprint density at radius 2 is 1.84 bits per heavy atom. The Kier molecular flexibility index (Phi) is 5.63. The first-order valence-electron chi connectivity index (χ1n) is 10.4. The molecule has 1 fully saturated rings. The molecule has 0 unspecified atom stereocenters. The van der Waals surface area contributed by atoms with Gasteiger partial charge in [0.05, 0.1) is 12.5 Å². The summed E-state index contributed by atoms with van der Waals surface area (Å²) in [4.78, 5) is 43.8. The van der Waals surface area contributed by atoms with E-state index in [4.69, 9.17) is 4.74 Å². The van der Waals surface area contributed by atoms with Crippen LogP contribution in [0.5, 0.6) is 5.75 Å². The number of pyridine rings is 1. The monoisotopic (exact) mass is 422 g/mol. The van der Waals surface area contributed by atoms with Crippen LogP contribution in [0.4, 0.5) is 0 Å². The lowest BCUT2D eigenvalue weighted by Crippen LogP contribution is -2.37. The number of likely N-dealkylation sites (tertiary alicyclic amines) is 1. The second kappa shape index (κ2) is 8.37. The lowest BCUT2D eigenvalue weighted by atomic mass is 10.0. The Morgan fingerprint density at radius 3 is 2.55 bits per heavy atom. The van der Waals surface area contributed by atoms with Crippen LogP contribution < -0.4 is 16.0 Å². The van der Waals surface area contributed by atoms with E-state index in [1.54, 1.807) is 20.2 Å². The summed E-state index contributed by atoms with van der Waals surface area (Å²) in [5, 5.41) is 0.416. The van der Waals surface area contributed by atoms with E-state index in [1.165, 1.54) is 11.6 Å². The van der Waals surface area contributed by atoms with Crippen molar-refractivity contribution in [2.24, 2.45) is 14.1 Å². The number of hydrogen-bond acceptors (Lipinski definition) is 5. The average molecular weight is 422 g/mol. The van der Waals surface area contributed by atoms with E-state index in [1.807, 2.05) is 35.2 Å². The van der Waals surface area contributed by atoms with Crippen molar-refractivity contribution in [3.8, 4) is 5.75 Å². The second-order valence-electron chi connectivity index (χ2n) is 7.99. The van der Waals surface area contributed by atoms with Crippen molar-refractivity contribution >= 4 is 16.9 Å². The zero-order valence-corrected chi connectivity index (χ0v) is 18.0. The van der Waals surface area contributed by atoms with Crippen LogP contribution in [0.15, 0.2) is 46.0 Å². The molecule has 0 aliphatic carbocycles. The molecule has 162 valence electrons. The maximum Gasteiger partial charge on any atom is 0.332 e. The van der Waals surface area contributed by atoms with Gasteiger partial charge in [-0.15, -0.1) is 0 Å².